The second kappa shape index (κ2) is 8.55. The van der Waals surface area contributed by atoms with Gasteiger partial charge in [0.2, 0.25) is 0 Å². The second-order valence-electron chi connectivity index (χ2n) is 8.51. The zero-order valence-corrected chi connectivity index (χ0v) is 20.2. The Morgan fingerprint density at radius 1 is 0.765 bits per heavy atom. The maximum absolute atomic E-state index is 13.6. The topological polar surface area (TPSA) is 43.6 Å². The number of nitrogens with zero attached hydrogens (tertiary/aromatic N) is 2. The Labute approximate surface area is 199 Å². The summed E-state index contributed by atoms with van der Waals surface area (Å²) in [5.41, 5.74) is 1.97. The molecule has 170 valence electrons. The summed E-state index contributed by atoms with van der Waals surface area (Å²) in [5, 5.41) is 3.42. The summed E-state index contributed by atoms with van der Waals surface area (Å²) in [7, 11) is 0. The molecule has 5 heteroatoms. The fourth-order valence-corrected chi connectivity index (χ4v) is 10.4. The predicted molar refractivity (Wildman–Crippen MR) is 142 cm³/mol. The van der Waals surface area contributed by atoms with Crippen molar-refractivity contribution in [2.75, 3.05) is 13.3 Å². The standard InChI is InChI=1S/C29H27N2O2P/c1-3-33-29(32)27-28(30-26-21-13-14-22-31(26)27)34(2,23-15-7-4-8-16-23,24-17-9-5-10-18-24)25-19-11-6-12-20-25/h4-22H,3H2,1-2H3. The quantitative estimate of drug-likeness (QED) is 0.277. The molecule has 0 spiro atoms. The summed E-state index contributed by atoms with van der Waals surface area (Å²) in [6, 6.07) is 37.2. The molecule has 0 saturated carbocycles. The van der Waals surface area contributed by atoms with Crippen molar-refractivity contribution in [3.8, 4) is 0 Å². The van der Waals surface area contributed by atoms with Crippen LogP contribution in [0, 0.1) is 0 Å². The Hall–Kier alpha value is -3.75. The van der Waals surface area contributed by atoms with Gasteiger partial charge in [0, 0.05) is 0 Å². The molecule has 0 radical (unpaired) electrons. The molecule has 0 unspecified atom stereocenters. The third-order valence-electron chi connectivity index (χ3n) is 6.71. The van der Waals surface area contributed by atoms with Crippen LogP contribution in [0.25, 0.3) is 5.65 Å². The average Bonchev–Trinajstić information content (AvgIpc) is 3.31. The Morgan fingerprint density at radius 2 is 1.24 bits per heavy atom. The number of imidazole rings is 1. The SMILES string of the molecule is CCOC(=O)c1c(P(C)(c2ccccc2)(c2ccccc2)c2ccccc2)nc2ccccn12. The average molecular weight is 467 g/mol. The molecule has 0 saturated heterocycles. The van der Waals surface area contributed by atoms with Crippen LogP contribution in [-0.2, 0) is 4.74 Å². The number of rotatable bonds is 6. The molecule has 0 aliphatic heterocycles. The number of ether oxygens (including phenoxy) is 1. The van der Waals surface area contributed by atoms with E-state index in [-0.39, 0.29) is 5.97 Å². The first-order valence-electron chi connectivity index (χ1n) is 11.4. The summed E-state index contributed by atoms with van der Waals surface area (Å²) < 4.78 is 7.47. The van der Waals surface area contributed by atoms with Crippen LogP contribution >= 0.6 is 6.60 Å². The molecule has 0 amide bonds. The Balaban J connectivity index is 2.05. The molecular formula is C29H27N2O2P. The zero-order chi connectivity index (χ0) is 23.6. The molecule has 0 bridgehead atoms. The molecule has 5 rings (SSSR count). The second-order valence-corrected chi connectivity index (χ2v) is 13.6. The van der Waals surface area contributed by atoms with Gasteiger partial charge in [-0.25, -0.2) is 0 Å². The van der Waals surface area contributed by atoms with Crippen molar-refractivity contribution in [1.82, 2.24) is 9.38 Å². The van der Waals surface area contributed by atoms with Gasteiger partial charge in [-0.05, 0) is 0 Å². The first-order valence-corrected chi connectivity index (χ1v) is 14.1. The molecule has 5 aromatic rings. The van der Waals surface area contributed by atoms with Crippen molar-refractivity contribution < 1.29 is 9.53 Å². The number of esters is 1. The van der Waals surface area contributed by atoms with Gasteiger partial charge >= 0.3 is 200 Å². The van der Waals surface area contributed by atoms with Gasteiger partial charge < -0.3 is 0 Å². The number of aromatic nitrogens is 2. The van der Waals surface area contributed by atoms with Gasteiger partial charge in [-0.15, -0.1) is 0 Å². The molecule has 0 N–H and O–H groups in total. The van der Waals surface area contributed by atoms with Crippen LogP contribution in [0.2, 0.25) is 0 Å². The van der Waals surface area contributed by atoms with E-state index in [0.29, 0.717) is 12.3 Å². The number of pyridine rings is 1. The molecule has 2 aromatic heterocycles. The zero-order valence-electron chi connectivity index (χ0n) is 19.3. The predicted octanol–water partition coefficient (Wildman–Crippen LogP) is 4.30. The van der Waals surface area contributed by atoms with E-state index in [1.54, 1.807) is 0 Å². The molecule has 34 heavy (non-hydrogen) atoms. The molecule has 0 aliphatic carbocycles. The van der Waals surface area contributed by atoms with E-state index in [4.69, 9.17) is 9.72 Å². The van der Waals surface area contributed by atoms with Crippen molar-refractivity contribution in [2.24, 2.45) is 0 Å². The molecule has 2 heterocycles. The normalized spacial score (nSPS) is 12.7. The number of hydrogen-bond acceptors (Lipinski definition) is 3. The van der Waals surface area contributed by atoms with E-state index in [9.17, 15) is 4.79 Å². The molecule has 0 fully saturated rings. The van der Waals surface area contributed by atoms with Crippen molar-refractivity contribution in [2.45, 2.75) is 6.92 Å². The van der Waals surface area contributed by atoms with Crippen molar-refractivity contribution >= 4 is 39.6 Å². The summed E-state index contributed by atoms with van der Waals surface area (Å²) >= 11 is 0. The van der Waals surface area contributed by atoms with Gasteiger partial charge in [-0.1, -0.05) is 0 Å². The van der Waals surface area contributed by atoms with Crippen molar-refractivity contribution in [3.05, 3.63) is 121 Å². The van der Waals surface area contributed by atoms with Crippen LogP contribution in [0.5, 0.6) is 0 Å². The Morgan fingerprint density at radius 3 is 1.71 bits per heavy atom. The van der Waals surface area contributed by atoms with Crippen molar-refractivity contribution in [3.63, 3.8) is 0 Å². The Bertz CT molecular complexity index is 1350. The van der Waals surface area contributed by atoms with Crippen LogP contribution in [-0.4, -0.2) is 28.6 Å². The van der Waals surface area contributed by atoms with Gasteiger partial charge in [0.05, 0.1) is 0 Å². The van der Waals surface area contributed by atoms with Crippen LogP contribution in [0.1, 0.15) is 17.4 Å². The number of benzene rings is 3. The van der Waals surface area contributed by atoms with Crippen LogP contribution in [0.4, 0.5) is 0 Å². The van der Waals surface area contributed by atoms with E-state index in [0.717, 1.165) is 27.0 Å². The summed E-state index contributed by atoms with van der Waals surface area (Å²) in [6.07, 6.45) is 1.89. The summed E-state index contributed by atoms with van der Waals surface area (Å²) in [4.78, 5) is 18.8. The number of fused-ring (bicyclic) bond motifs is 1. The van der Waals surface area contributed by atoms with E-state index in [1.165, 1.54) is 0 Å². The third-order valence-corrected chi connectivity index (χ3v) is 12.9. The van der Waals surface area contributed by atoms with E-state index in [1.807, 2.05) is 53.9 Å². The summed E-state index contributed by atoms with van der Waals surface area (Å²) in [5.74, 6) is -0.366. The fourth-order valence-electron chi connectivity index (χ4n) is 4.98. The van der Waals surface area contributed by atoms with Gasteiger partial charge in [-0.3, -0.25) is 0 Å². The van der Waals surface area contributed by atoms with Crippen LogP contribution in [0.3, 0.4) is 0 Å². The monoisotopic (exact) mass is 466 g/mol. The first-order chi connectivity index (χ1) is 16.6. The first kappa shape index (κ1) is 22.1. The van der Waals surface area contributed by atoms with E-state index >= 15 is 0 Å². The molecule has 4 nitrogen and oxygen atoms in total. The Kier molecular flexibility index (Phi) is 5.55. The summed E-state index contributed by atoms with van der Waals surface area (Å²) in [6.45, 7) is 0.942. The van der Waals surface area contributed by atoms with Gasteiger partial charge in [0.1, 0.15) is 0 Å². The minimum atomic E-state index is -3.48. The number of carbonyl (C=O) groups is 1. The fraction of sp³-hybridized carbons (Fsp3) is 0.103. The molecule has 3 aromatic carbocycles. The van der Waals surface area contributed by atoms with Gasteiger partial charge in [0.15, 0.2) is 0 Å². The van der Waals surface area contributed by atoms with E-state index in [2.05, 4.69) is 79.5 Å². The van der Waals surface area contributed by atoms with Crippen LogP contribution < -0.4 is 21.3 Å². The minimum absolute atomic E-state index is 0.292. The van der Waals surface area contributed by atoms with Gasteiger partial charge in [-0.2, -0.15) is 0 Å². The molecule has 0 atom stereocenters. The molecule has 0 aliphatic rings. The van der Waals surface area contributed by atoms with Gasteiger partial charge in [0.25, 0.3) is 0 Å². The van der Waals surface area contributed by atoms with Crippen molar-refractivity contribution in [1.29, 1.82) is 0 Å². The number of carbonyl (C=O) groups excluding carboxylic acids is 1. The molecular weight excluding hydrogens is 439 g/mol. The maximum atomic E-state index is 13.6. The van der Waals surface area contributed by atoms with Crippen LogP contribution in [0.15, 0.2) is 115 Å². The number of hydrogen-bond donors (Lipinski definition) is 0. The third kappa shape index (κ3) is 3.10. The van der Waals surface area contributed by atoms with E-state index < -0.39 is 6.60 Å².